The maximum Gasteiger partial charge on any atom is 0.166 e. The number of rotatable bonds is 4. The summed E-state index contributed by atoms with van der Waals surface area (Å²) in [6.45, 7) is 2.85. The van der Waals surface area contributed by atoms with Crippen molar-refractivity contribution in [2.45, 2.75) is 13.3 Å². The van der Waals surface area contributed by atoms with Crippen LogP contribution < -0.4 is 5.73 Å². The molecule has 0 aromatic carbocycles. The van der Waals surface area contributed by atoms with Crippen molar-refractivity contribution < 1.29 is 0 Å². The molecule has 2 heterocycles. The number of hydrogen-bond acceptors (Lipinski definition) is 4. The standard InChI is InChI=1S/C12H18N6/c1-8-4-5-9(11(13)14)12-15-10(16-18(8)12)6-7-17(2)3/h4-5H,6-7H2,1-3H3,(H3,13,14). The van der Waals surface area contributed by atoms with Crippen molar-refractivity contribution in [1.29, 1.82) is 5.41 Å². The first kappa shape index (κ1) is 12.5. The van der Waals surface area contributed by atoms with Crippen LogP contribution in [0, 0.1) is 12.3 Å². The minimum atomic E-state index is 0.0200. The lowest BCUT2D eigenvalue weighted by atomic mass is 10.2. The first-order valence-corrected chi connectivity index (χ1v) is 5.83. The van der Waals surface area contributed by atoms with Crippen LogP contribution in [-0.4, -0.2) is 46.0 Å². The normalized spacial score (nSPS) is 11.3. The molecule has 0 aliphatic heterocycles. The molecule has 3 N–H and O–H groups in total. The molecule has 0 atom stereocenters. The van der Waals surface area contributed by atoms with E-state index in [1.165, 1.54) is 0 Å². The molecule has 18 heavy (non-hydrogen) atoms. The first-order valence-electron chi connectivity index (χ1n) is 5.83. The SMILES string of the molecule is Cc1ccc(C(=N)N)c2nc(CCN(C)C)nn12. The molecule has 0 saturated heterocycles. The van der Waals surface area contributed by atoms with Crippen molar-refractivity contribution in [2.75, 3.05) is 20.6 Å². The van der Waals surface area contributed by atoms with Gasteiger partial charge < -0.3 is 10.6 Å². The van der Waals surface area contributed by atoms with Crippen molar-refractivity contribution in [3.05, 3.63) is 29.2 Å². The summed E-state index contributed by atoms with van der Waals surface area (Å²) >= 11 is 0. The molecule has 2 aromatic heterocycles. The number of fused-ring (bicyclic) bond motifs is 1. The number of amidine groups is 1. The molecule has 2 aromatic rings. The third-order valence-corrected chi connectivity index (χ3v) is 2.79. The Morgan fingerprint density at radius 3 is 2.78 bits per heavy atom. The van der Waals surface area contributed by atoms with Gasteiger partial charge in [0.1, 0.15) is 5.84 Å². The summed E-state index contributed by atoms with van der Waals surface area (Å²) in [5, 5.41) is 12.0. The molecule has 0 aliphatic carbocycles. The van der Waals surface area contributed by atoms with Crippen LogP contribution >= 0.6 is 0 Å². The average Bonchev–Trinajstić information content (AvgIpc) is 2.71. The molecule has 0 bridgehead atoms. The maximum absolute atomic E-state index is 7.56. The van der Waals surface area contributed by atoms with Gasteiger partial charge in [-0.2, -0.15) is 5.10 Å². The zero-order valence-corrected chi connectivity index (χ0v) is 10.9. The highest BCUT2D eigenvalue weighted by Gasteiger charge is 2.11. The fourth-order valence-electron chi connectivity index (χ4n) is 1.76. The summed E-state index contributed by atoms with van der Waals surface area (Å²) in [7, 11) is 4.03. The van der Waals surface area contributed by atoms with Gasteiger partial charge in [0, 0.05) is 18.7 Å². The van der Waals surface area contributed by atoms with E-state index in [0.29, 0.717) is 11.2 Å². The molecule has 0 fully saturated rings. The number of aryl methyl sites for hydroxylation is 1. The van der Waals surface area contributed by atoms with Gasteiger partial charge in [-0.25, -0.2) is 9.50 Å². The second kappa shape index (κ2) is 4.73. The molecule has 6 nitrogen and oxygen atoms in total. The molecule has 6 heteroatoms. The van der Waals surface area contributed by atoms with Gasteiger partial charge in [-0.3, -0.25) is 5.41 Å². The van der Waals surface area contributed by atoms with Crippen LogP contribution in [0.3, 0.4) is 0 Å². The van der Waals surface area contributed by atoms with Gasteiger partial charge in [-0.1, -0.05) is 0 Å². The number of nitrogens with two attached hydrogens (primary N) is 1. The van der Waals surface area contributed by atoms with Crippen molar-refractivity contribution in [3.8, 4) is 0 Å². The molecule has 0 spiro atoms. The van der Waals surface area contributed by atoms with Gasteiger partial charge in [0.05, 0.1) is 5.56 Å². The predicted molar refractivity (Wildman–Crippen MR) is 71.0 cm³/mol. The number of nitrogen functional groups attached to an aromatic ring is 1. The van der Waals surface area contributed by atoms with E-state index in [1.807, 2.05) is 33.2 Å². The van der Waals surface area contributed by atoms with Crippen LogP contribution in [0.2, 0.25) is 0 Å². The van der Waals surface area contributed by atoms with E-state index < -0.39 is 0 Å². The highest BCUT2D eigenvalue weighted by Crippen LogP contribution is 2.11. The number of aromatic nitrogens is 3. The molecule has 96 valence electrons. The van der Waals surface area contributed by atoms with Crippen LogP contribution in [-0.2, 0) is 6.42 Å². The average molecular weight is 246 g/mol. The summed E-state index contributed by atoms with van der Waals surface area (Å²) in [5.74, 6) is 0.798. The van der Waals surface area contributed by atoms with Crippen molar-refractivity contribution >= 4 is 11.5 Å². The fourth-order valence-corrected chi connectivity index (χ4v) is 1.76. The van der Waals surface area contributed by atoms with Gasteiger partial charge in [0.15, 0.2) is 11.5 Å². The van der Waals surface area contributed by atoms with Crippen molar-refractivity contribution in [1.82, 2.24) is 19.5 Å². The minimum absolute atomic E-state index is 0.0200. The van der Waals surface area contributed by atoms with Crippen LogP contribution in [0.25, 0.3) is 5.65 Å². The monoisotopic (exact) mass is 246 g/mol. The number of nitrogens with one attached hydrogen (secondary N) is 1. The molecule has 2 rings (SSSR count). The number of pyridine rings is 1. The molecule has 0 amide bonds. The lowest BCUT2D eigenvalue weighted by Crippen LogP contribution is -2.15. The summed E-state index contributed by atoms with van der Waals surface area (Å²) in [6, 6.07) is 3.71. The second-order valence-corrected chi connectivity index (χ2v) is 4.62. The Hall–Kier alpha value is -1.95. The predicted octanol–water partition coefficient (Wildman–Crippen LogP) is 0.426. The Kier molecular flexibility index (Phi) is 3.29. The lowest BCUT2D eigenvalue weighted by molar-refractivity contribution is 0.409. The van der Waals surface area contributed by atoms with Gasteiger partial charge in [0.2, 0.25) is 0 Å². The van der Waals surface area contributed by atoms with Crippen LogP contribution in [0.5, 0.6) is 0 Å². The van der Waals surface area contributed by atoms with Gasteiger partial charge >= 0.3 is 0 Å². The van der Waals surface area contributed by atoms with Crippen molar-refractivity contribution in [3.63, 3.8) is 0 Å². The van der Waals surface area contributed by atoms with Crippen LogP contribution in [0.15, 0.2) is 12.1 Å². The van der Waals surface area contributed by atoms with Gasteiger partial charge in [-0.05, 0) is 33.2 Å². The Morgan fingerprint density at radius 1 is 1.44 bits per heavy atom. The molecule has 0 saturated carbocycles. The van der Waals surface area contributed by atoms with E-state index in [-0.39, 0.29) is 5.84 Å². The van der Waals surface area contributed by atoms with Gasteiger partial charge in [0.25, 0.3) is 0 Å². The lowest BCUT2D eigenvalue weighted by Gasteiger charge is -2.05. The Labute approximate surface area is 106 Å². The van der Waals surface area contributed by atoms with E-state index in [4.69, 9.17) is 11.1 Å². The van der Waals surface area contributed by atoms with E-state index in [0.717, 1.165) is 24.5 Å². The second-order valence-electron chi connectivity index (χ2n) is 4.62. The van der Waals surface area contributed by atoms with Crippen molar-refractivity contribution in [2.24, 2.45) is 5.73 Å². The summed E-state index contributed by atoms with van der Waals surface area (Å²) < 4.78 is 1.75. The topological polar surface area (TPSA) is 83.3 Å². The molecule has 0 unspecified atom stereocenters. The van der Waals surface area contributed by atoms with Crippen LogP contribution in [0.4, 0.5) is 0 Å². The maximum atomic E-state index is 7.56. The third-order valence-electron chi connectivity index (χ3n) is 2.79. The molecule has 0 aliphatic rings. The summed E-state index contributed by atoms with van der Waals surface area (Å²) in [4.78, 5) is 6.56. The number of nitrogens with zero attached hydrogens (tertiary/aromatic N) is 4. The highest BCUT2D eigenvalue weighted by atomic mass is 15.3. The highest BCUT2D eigenvalue weighted by molar-refractivity contribution is 6.00. The fraction of sp³-hybridized carbons (Fsp3) is 0.417. The smallest absolute Gasteiger partial charge is 0.166 e. The molecular weight excluding hydrogens is 228 g/mol. The summed E-state index contributed by atoms with van der Waals surface area (Å²) in [5.41, 5.74) is 7.83. The van der Waals surface area contributed by atoms with Crippen LogP contribution in [0.1, 0.15) is 17.1 Å². The summed E-state index contributed by atoms with van der Waals surface area (Å²) in [6.07, 6.45) is 0.783. The Balaban J connectivity index is 2.45. The quantitative estimate of drug-likeness (QED) is 0.605. The van der Waals surface area contributed by atoms with E-state index in [2.05, 4.69) is 15.0 Å². The zero-order chi connectivity index (χ0) is 13.3. The van der Waals surface area contributed by atoms with E-state index in [9.17, 15) is 0 Å². The third kappa shape index (κ3) is 2.33. The molecule has 0 radical (unpaired) electrons. The minimum Gasteiger partial charge on any atom is -0.384 e. The number of hydrogen-bond donors (Lipinski definition) is 2. The Bertz CT molecular complexity index is 584. The number of likely N-dealkylation sites (N-methyl/N-ethyl adjacent to an activating group) is 1. The largest absolute Gasteiger partial charge is 0.384 e. The Morgan fingerprint density at radius 2 is 2.17 bits per heavy atom. The first-order chi connectivity index (χ1) is 8.49. The van der Waals surface area contributed by atoms with E-state index in [1.54, 1.807) is 4.52 Å². The van der Waals surface area contributed by atoms with Gasteiger partial charge in [-0.15, -0.1) is 0 Å². The van der Waals surface area contributed by atoms with E-state index >= 15 is 0 Å². The zero-order valence-electron chi connectivity index (χ0n) is 10.9. The molecular formula is C12H18N6.